The van der Waals surface area contributed by atoms with Gasteiger partial charge >= 0.3 is 17.9 Å². The lowest BCUT2D eigenvalue weighted by Gasteiger charge is -2.33. The van der Waals surface area contributed by atoms with Gasteiger partial charge in [0, 0.05) is 109 Å². The van der Waals surface area contributed by atoms with Crippen LogP contribution in [0.25, 0.3) is 10.9 Å². The molecule has 94 heavy (non-hydrogen) atoms. The summed E-state index contributed by atoms with van der Waals surface area (Å²) in [5, 5.41) is 50.0. The van der Waals surface area contributed by atoms with Crippen LogP contribution in [0, 0.1) is 24.2 Å². The van der Waals surface area contributed by atoms with Crippen LogP contribution in [0.15, 0.2) is 66.5 Å². The number of aliphatic carboxylic acids is 3. The molecular formula is C67H94F2N12O13. The summed E-state index contributed by atoms with van der Waals surface area (Å²) in [5.74, 6) is -7.66. The molecule has 3 saturated heterocycles. The number of fused-ring (bicyclic) bond motifs is 1. The van der Waals surface area contributed by atoms with Crippen LogP contribution in [0.1, 0.15) is 125 Å². The van der Waals surface area contributed by atoms with Gasteiger partial charge in [0.25, 0.3) is 11.8 Å². The third kappa shape index (κ3) is 27.0. The maximum absolute atomic E-state index is 13.9. The van der Waals surface area contributed by atoms with E-state index >= 15 is 0 Å². The minimum absolute atomic E-state index is 0.0676. The fourth-order valence-electron chi connectivity index (χ4n) is 11.9. The zero-order valence-electron chi connectivity index (χ0n) is 54.3. The molecule has 0 spiro atoms. The molecule has 27 heteroatoms. The molecule has 1 unspecified atom stereocenters. The second-order valence-electron chi connectivity index (χ2n) is 24.8. The summed E-state index contributed by atoms with van der Waals surface area (Å²) in [5.41, 5.74) is 3.82. The number of likely N-dealkylation sites (tertiary alicyclic amines) is 2. The van der Waals surface area contributed by atoms with Crippen LogP contribution in [0.2, 0.25) is 0 Å². The Morgan fingerprint density at radius 3 is 1.97 bits per heavy atom. The number of benzene rings is 2. The number of nitrogens with zero attached hydrogens (tertiary/aromatic N) is 8. The van der Waals surface area contributed by atoms with Crippen LogP contribution in [-0.4, -0.2) is 239 Å². The predicted octanol–water partition coefficient (Wildman–Crippen LogP) is 4.67. The highest BCUT2D eigenvalue weighted by Crippen LogP contribution is 2.32. The molecule has 2 aromatic carbocycles. The Bertz CT molecular complexity index is 3070. The van der Waals surface area contributed by atoms with Gasteiger partial charge in [-0.25, -0.2) is 8.78 Å². The van der Waals surface area contributed by atoms with Gasteiger partial charge in [0.1, 0.15) is 17.8 Å². The van der Waals surface area contributed by atoms with Gasteiger partial charge in [-0.1, -0.05) is 48.7 Å². The highest BCUT2D eigenvalue weighted by molar-refractivity contribution is 6.07. The van der Waals surface area contributed by atoms with Crippen molar-refractivity contribution in [2.75, 3.05) is 118 Å². The second kappa shape index (κ2) is 38.9. The zero-order chi connectivity index (χ0) is 68.0. The quantitative estimate of drug-likeness (QED) is 0.0399. The molecule has 3 aromatic rings. The van der Waals surface area contributed by atoms with Crippen molar-refractivity contribution >= 4 is 64.3 Å². The van der Waals surface area contributed by atoms with Crippen molar-refractivity contribution in [3.8, 4) is 11.8 Å². The van der Waals surface area contributed by atoms with Crippen LogP contribution in [0.5, 0.6) is 5.75 Å². The van der Waals surface area contributed by atoms with Crippen molar-refractivity contribution in [2.45, 2.75) is 135 Å². The highest BCUT2D eigenvalue weighted by atomic mass is 19.3. The van der Waals surface area contributed by atoms with Crippen molar-refractivity contribution in [1.82, 2.24) is 55.7 Å². The number of hydrogen-bond donors (Lipinski definition) is 7. The Labute approximate surface area is 548 Å². The SMILES string of the molecule is C/C(=C\CCCCC(NC(=O)CN1CCN(CC(=O)O)CCN(CC(=O)O)CCN(CC(=O)O)CC1)C(=O)NCCCCCC(=O)N1CCC(CCCOc2ccc3nccc(C(=O)NCC(=O)N4CC(F)(F)C[C@@H]4C#N)c3c2)CC1)NC(=O)CCCc1ccc(C)cc1. The molecule has 0 aliphatic carbocycles. The fraction of sp³-hybridized carbons (Fsp3) is 0.597. The summed E-state index contributed by atoms with van der Waals surface area (Å²) in [6.07, 6.45) is 12.3. The van der Waals surface area contributed by atoms with Gasteiger partial charge in [-0.15, -0.1) is 0 Å². The minimum Gasteiger partial charge on any atom is -0.494 e. The van der Waals surface area contributed by atoms with Crippen LogP contribution < -0.4 is 26.0 Å². The molecule has 3 aliphatic rings. The molecule has 6 amide bonds. The monoisotopic (exact) mass is 1310 g/mol. The number of aryl methyl sites for hydroxylation is 2. The average Bonchev–Trinajstić information content (AvgIpc) is 1.02. The summed E-state index contributed by atoms with van der Waals surface area (Å²) in [6, 6.07) is 14.4. The van der Waals surface area contributed by atoms with E-state index in [9.17, 15) is 72.5 Å². The number of allylic oxidation sites excluding steroid dienone is 2. The first kappa shape index (κ1) is 74.8. The highest BCUT2D eigenvalue weighted by Gasteiger charge is 2.47. The topological polar surface area (TPSA) is 328 Å². The lowest BCUT2D eigenvalue weighted by molar-refractivity contribution is -0.140. The van der Waals surface area contributed by atoms with Gasteiger partial charge in [-0.05, 0) is 120 Å². The van der Waals surface area contributed by atoms with Crippen molar-refractivity contribution in [2.24, 2.45) is 5.92 Å². The number of pyridine rings is 1. The van der Waals surface area contributed by atoms with E-state index in [1.807, 2.05) is 24.8 Å². The Morgan fingerprint density at radius 1 is 0.723 bits per heavy atom. The first-order chi connectivity index (χ1) is 45.0. The van der Waals surface area contributed by atoms with Gasteiger partial charge in [0.05, 0.1) is 63.0 Å². The van der Waals surface area contributed by atoms with Crippen LogP contribution in [-0.2, 0) is 44.8 Å². The van der Waals surface area contributed by atoms with E-state index in [-0.39, 0.29) is 102 Å². The van der Waals surface area contributed by atoms with E-state index in [1.54, 1.807) is 43.9 Å². The molecule has 2 atom stereocenters. The number of piperidine rings is 1. The summed E-state index contributed by atoms with van der Waals surface area (Å²) in [4.78, 5) is 129. The molecule has 0 saturated carbocycles. The number of nitrogens with one attached hydrogen (secondary N) is 4. The Balaban J connectivity index is 0.932. The van der Waals surface area contributed by atoms with Gasteiger partial charge in [0.2, 0.25) is 29.5 Å². The first-order valence-corrected chi connectivity index (χ1v) is 32.8. The number of nitriles is 1. The number of carbonyl (C=O) groups is 9. The number of carboxylic acid groups (broad SMARTS) is 3. The molecule has 4 heterocycles. The lowest BCUT2D eigenvalue weighted by Crippen LogP contribution is -2.52. The maximum atomic E-state index is 13.9. The molecule has 3 fully saturated rings. The van der Waals surface area contributed by atoms with E-state index in [0.29, 0.717) is 113 Å². The molecule has 25 nitrogen and oxygen atoms in total. The number of rotatable bonds is 34. The second-order valence-corrected chi connectivity index (χ2v) is 24.8. The van der Waals surface area contributed by atoms with Crippen LogP contribution in [0.4, 0.5) is 8.78 Å². The molecule has 0 bridgehead atoms. The normalized spacial score (nSPS) is 17.6. The Morgan fingerprint density at radius 2 is 1.35 bits per heavy atom. The molecule has 1 aromatic heterocycles. The zero-order valence-corrected chi connectivity index (χ0v) is 54.3. The molecule has 6 rings (SSSR count). The number of alkyl halides is 2. The number of unbranched alkanes of at least 4 members (excludes halogenated alkanes) is 4. The summed E-state index contributed by atoms with van der Waals surface area (Å²) >= 11 is 0. The molecule has 7 N–H and O–H groups in total. The molecule has 3 aliphatic heterocycles. The molecule has 0 radical (unpaired) electrons. The number of hydrogen-bond acceptors (Lipinski definition) is 16. The maximum Gasteiger partial charge on any atom is 0.317 e. The standard InChI is InChI=1S/C67H94F2N12O13/c1-48-17-19-50(20-18-48)12-9-15-58(82)74-49(2)11-5-3-6-14-57(75-59(83)43-76-30-32-77(44-62(86)87)34-36-79(46-64(90)91)37-35-78(33-31-76)45-63(88)89)66(93)72-26-8-4-7-16-60(84)80-28-24-51(25-29-80)13-10-38-94-53-21-22-56-55(39-53)54(23-27-71-56)65(92)73-42-61(85)81-47-67(68,69)40-52(81)41-70/h11,17-23,27,39,51-52,57H,3-10,12-16,24-26,28-38,40,42-47H2,1-2H3,(H,72,93)(H,73,92)(H,74,82)(H,75,83)(H,86,87)(H,88,89)(H,90,91)/b49-11+/t52-,57?/m1/s1. The lowest BCUT2D eigenvalue weighted by atomic mass is 9.92. The summed E-state index contributed by atoms with van der Waals surface area (Å²) in [6.45, 7) is 5.14. The van der Waals surface area contributed by atoms with E-state index in [0.717, 1.165) is 42.7 Å². The number of carboxylic acids is 3. The number of amides is 6. The predicted molar refractivity (Wildman–Crippen MR) is 345 cm³/mol. The summed E-state index contributed by atoms with van der Waals surface area (Å²) < 4.78 is 33.9. The van der Waals surface area contributed by atoms with Crippen molar-refractivity contribution in [3.63, 3.8) is 0 Å². The largest absolute Gasteiger partial charge is 0.494 e. The molecule has 514 valence electrons. The molecular weight excluding hydrogens is 1220 g/mol. The Hall–Kier alpha value is -8.19. The van der Waals surface area contributed by atoms with E-state index in [2.05, 4.69) is 50.5 Å². The van der Waals surface area contributed by atoms with E-state index in [4.69, 9.17) is 4.74 Å². The van der Waals surface area contributed by atoms with Gasteiger partial charge in [-0.2, -0.15) is 5.26 Å². The number of ether oxygens (including phenoxy) is 1. The van der Waals surface area contributed by atoms with Crippen LogP contribution in [0.3, 0.4) is 0 Å². The van der Waals surface area contributed by atoms with Crippen molar-refractivity contribution < 1.29 is 72.0 Å². The third-order valence-electron chi connectivity index (χ3n) is 17.2. The average molecular weight is 1310 g/mol. The van der Waals surface area contributed by atoms with E-state index in [1.165, 1.54) is 23.4 Å². The minimum atomic E-state index is -3.18. The smallest absolute Gasteiger partial charge is 0.317 e. The number of aromatic nitrogens is 1. The van der Waals surface area contributed by atoms with Crippen molar-refractivity contribution in [3.05, 3.63) is 83.2 Å². The summed E-state index contributed by atoms with van der Waals surface area (Å²) in [7, 11) is 0. The number of halogens is 2. The first-order valence-electron chi connectivity index (χ1n) is 32.8. The van der Waals surface area contributed by atoms with Crippen LogP contribution >= 0.6 is 0 Å². The van der Waals surface area contributed by atoms with Crippen molar-refractivity contribution in [1.29, 1.82) is 5.26 Å². The van der Waals surface area contributed by atoms with E-state index < -0.39 is 73.1 Å². The Kier molecular flexibility index (Phi) is 30.9. The van der Waals surface area contributed by atoms with Gasteiger partial charge in [0.15, 0.2) is 0 Å². The fourth-order valence-corrected chi connectivity index (χ4v) is 11.9. The van der Waals surface area contributed by atoms with Gasteiger partial charge in [-0.3, -0.25) is 67.7 Å². The van der Waals surface area contributed by atoms with Gasteiger partial charge < -0.3 is 51.1 Å². The third-order valence-corrected chi connectivity index (χ3v) is 17.2. The number of carbonyl (C=O) groups excluding carboxylic acids is 6.